The van der Waals surface area contributed by atoms with Crippen LogP contribution in [0.3, 0.4) is 0 Å². The van der Waals surface area contributed by atoms with Gasteiger partial charge in [0.25, 0.3) is 0 Å². The van der Waals surface area contributed by atoms with Crippen molar-refractivity contribution >= 4 is 0 Å². The van der Waals surface area contributed by atoms with E-state index in [-0.39, 0.29) is 0 Å². The smallest absolute Gasteiger partial charge is 0.0405 e. The molecule has 1 rings (SSSR count). The van der Waals surface area contributed by atoms with Gasteiger partial charge in [0.05, 0.1) is 0 Å². The summed E-state index contributed by atoms with van der Waals surface area (Å²) in [4.78, 5) is 2.43. The van der Waals surface area contributed by atoms with E-state index in [0.717, 1.165) is 31.6 Å². The van der Waals surface area contributed by atoms with Crippen LogP contribution in [-0.2, 0) is 0 Å². The summed E-state index contributed by atoms with van der Waals surface area (Å²) in [6, 6.07) is 0. The minimum Gasteiger partial charge on any atom is -0.402 e. The highest BCUT2D eigenvalue weighted by Gasteiger charge is 2.25. The van der Waals surface area contributed by atoms with Crippen molar-refractivity contribution in [3.05, 3.63) is 23.5 Å². The first-order valence-electron chi connectivity index (χ1n) is 7.14. The summed E-state index contributed by atoms with van der Waals surface area (Å²) >= 11 is 0. The molecule has 0 aromatic rings. The van der Waals surface area contributed by atoms with Crippen LogP contribution in [0.5, 0.6) is 0 Å². The maximum atomic E-state index is 6.22. The maximum Gasteiger partial charge on any atom is 0.0405 e. The van der Waals surface area contributed by atoms with Crippen molar-refractivity contribution in [1.29, 1.82) is 0 Å². The van der Waals surface area contributed by atoms with Crippen LogP contribution < -0.4 is 5.73 Å². The van der Waals surface area contributed by atoms with Crippen molar-refractivity contribution in [1.82, 2.24) is 4.90 Å². The van der Waals surface area contributed by atoms with Gasteiger partial charge in [0.1, 0.15) is 0 Å². The van der Waals surface area contributed by atoms with Gasteiger partial charge in [0.2, 0.25) is 0 Å². The van der Waals surface area contributed by atoms with Crippen molar-refractivity contribution in [3.63, 3.8) is 0 Å². The Morgan fingerprint density at radius 1 is 1.44 bits per heavy atom. The third kappa shape index (κ3) is 4.08. The molecule has 2 nitrogen and oxygen atoms in total. The van der Waals surface area contributed by atoms with Crippen LogP contribution in [0.2, 0.25) is 0 Å². The summed E-state index contributed by atoms with van der Waals surface area (Å²) < 4.78 is 0. The Bertz CT molecular complexity index is 333. The first kappa shape index (κ1) is 15.1. The van der Waals surface area contributed by atoms with E-state index in [1.165, 1.54) is 17.7 Å². The summed E-state index contributed by atoms with van der Waals surface area (Å²) in [7, 11) is 0. The Hall–Kier alpha value is -0.920. The van der Waals surface area contributed by atoms with Gasteiger partial charge in [-0.3, -0.25) is 0 Å². The van der Waals surface area contributed by atoms with Gasteiger partial charge in [-0.15, -0.1) is 0 Å². The molecule has 0 aliphatic carbocycles. The topological polar surface area (TPSA) is 29.3 Å². The predicted octanol–water partition coefficient (Wildman–Crippen LogP) is 3.90. The number of allylic oxidation sites excluding steroid dienone is 1. The summed E-state index contributed by atoms with van der Waals surface area (Å²) in [5, 5.41) is 0. The number of hydrogen-bond acceptors (Lipinski definition) is 2. The van der Waals surface area contributed by atoms with Gasteiger partial charge >= 0.3 is 0 Å². The Labute approximate surface area is 113 Å². The van der Waals surface area contributed by atoms with E-state index in [1.54, 1.807) is 0 Å². The minimum atomic E-state index is 0.304. The van der Waals surface area contributed by atoms with Crippen LogP contribution >= 0.6 is 0 Å². The molecule has 0 aromatic heterocycles. The highest BCUT2D eigenvalue weighted by atomic mass is 15.1. The second kappa shape index (κ2) is 5.81. The van der Waals surface area contributed by atoms with Gasteiger partial charge in [-0.25, -0.2) is 0 Å². The first-order chi connectivity index (χ1) is 8.24. The lowest BCUT2D eigenvalue weighted by molar-refractivity contribution is 0.266. The van der Waals surface area contributed by atoms with Gasteiger partial charge in [0, 0.05) is 30.4 Å². The zero-order valence-electron chi connectivity index (χ0n) is 12.8. The monoisotopic (exact) mass is 250 g/mol. The molecule has 1 aliphatic heterocycles. The predicted molar refractivity (Wildman–Crippen MR) is 80.1 cm³/mol. The SMILES string of the molecule is C=C(CC(C)(C)C)N1CC(CCC)=C(N)C(C)C1. The van der Waals surface area contributed by atoms with Crippen LogP contribution in [0.4, 0.5) is 0 Å². The summed E-state index contributed by atoms with van der Waals surface area (Å²) in [6.07, 6.45) is 3.34. The van der Waals surface area contributed by atoms with Crippen LogP contribution in [-0.4, -0.2) is 18.0 Å². The average molecular weight is 250 g/mol. The van der Waals surface area contributed by atoms with E-state index in [0.29, 0.717) is 11.3 Å². The molecule has 1 unspecified atom stereocenters. The minimum absolute atomic E-state index is 0.304. The molecule has 0 saturated heterocycles. The molecule has 1 atom stereocenters. The number of nitrogens with zero attached hydrogens (tertiary/aromatic N) is 1. The fourth-order valence-corrected chi connectivity index (χ4v) is 2.65. The fourth-order valence-electron chi connectivity index (χ4n) is 2.65. The summed E-state index contributed by atoms with van der Waals surface area (Å²) in [5.74, 6) is 0.456. The van der Waals surface area contributed by atoms with Crippen molar-refractivity contribution < 1.29 is 0 Å². The van der Waals surface area contributed by atoms with E-state index in [4.69, 9.17) is 5.73 Å². The lowest BCUT2D eigenvalue weighted by Gasteiger charge is -2.38. The van der Waals surface area contributed by atoms with Gasteiger partial charge in [-0.05, 0) is 23.8 Å². The molecule has 0 saturated carbocycles. The molecule has 2 N–H and O–H groups in total. The molecular formula is C16H30N2. The molecule has 18 heavy (non-hydrogen) atoms. The molecule has 0 radical (unpaired) electrons. The molecule has 0 bridgehead atoms. The van der Waals surface area contributed by atoms with E-state index in [2.05, 4.69) is 46.1 Å². The molecule has 2 heteroatoms. The molecule has 0 amide bonds. The number of nitrogens with two attached hydrogens (primary N) is 1. The first-order valence-corrected chi connectivity index (χ1v) is 7.14. The fraction of sp³-hybridized carbons (Fsp3) is 0.750. The second-order valence-corrected chi connectivity index (χ2v) is 6.89. The molecule has 1 heterocycles. The van der Waals surface area contributed by atoms with Crippen LogP contribution in [0.15, 0.2) is 23.5 Å². The van der Waals surface area contributed by atoms with Crippen LogP contribution in [0.25, 0.3) is 0 Å². The average Bonchev–Trinajstić information content (AvgIpc) is 2.22. The van der Waals surface area contributed by atoms with Crippen molar-refractivity contribution in [2.24, 2.45) is 17.1 Å². The molecule has 1 aliphatic rings. The number of hydrogen-bond donors (Lipinski definition) is 1. The largest absolute Gasteiger partial charge is 0.402 e. The van der Waals surface area contributed by atoms with Crippen molar-refractivity contribution in [2.45, 2.75) is 53.9 Å². The standard InChI is InChI=1S/C16H30N2/c1-7-8-14-11-18(10-12(2)15(14)17)13(3)9-16(4,5)6/h12H,3,7-11,17H2,1-2,4-6H3. The quantitative estimate of drug-likeness (QED) is 0.820. The summed E-state index contributed by atoms with van der Waals surface area (Å²) in [6.45, 7) is 17.5. The Balaban J connectivity index is 2.74. The zero-order chi connectivity index (χ0) is 13.9. The third-order valence-corrected chi connectivity index (χ3v) is 3.55. The zero-order valence-corrected chi connectivity index (χ0v) is 12.8. The van der Waals surface area contributed by atoms with E-state index in [9.17, 15) is 0 Å². The Morgan fingerprint density at radius 3 is 2.56 bits per heavy atom. The number of rotatable bonds is 4. The molecule has 104 valence electrons. The molecule has 0 fully saturated rings. The van der Waals surface area contributed by atoms with Gasteiger partial charge < -0.3 is 10.6 Å². The lowest BCUT2D eigenvalue weighted by Crippen LogP contribution is -2.38. The van der Waals surface area contributed by atoms with E-state index < -0.39 is 0 Å². The lowest BCUT2D eigenvalue weighted by atomic mass is 9.88. The maximum absolute atomic E-state index is 6.22. The van der Waals surface area contributed by atoms with Gasteiger partial charge in [0.15, 0.2) is 0 Å². The van der Waals surface area contributed by atoms with Gasteiger partial charge in [-0.1, -0.05) is 47.6 Å². The van der Waals surface area contributed by atoms with Crippen molar-refractivity contribution in [3.8, 4) is 0 Å². The van der Waals surface area contributed by atoms with Crippen LogP contribution in [0.1, 0.15) is 53.9 Å². The second-order valence-electron chi connectivity index (χ2n) is 6.89. The normalized spacial score (nSPS) is 21.4. The molecular weight excluding hydrogens is 220 g/mol. The highest BCUT2D eigenvalue weighted by Crippen LogP contribution is 2.30. The van der Waals surface area contributed by atoms with E-state index in [1.807, 2.05) is 0 Å². The van der Waals surface area contributed by atoms with Crippen LogP contribution in [0, 0.1) is 11.3 Å². The summed E-state index contributed by atoms with van der Waals surface area (Å²) in [5.41, 5.74) is 10.3. The Morgan fingerprint density at radius 2 is 2.06 bits per heavy atom. The third-order valence-electron chi connectivity index (χ3n) is 3.55. The molecule has 0 spiro atoms. The van der Waals surface area contributed by atoms with Crippen molar-refractivity contribution in [2.75, 3.05) is 13.1 Å². The highest BCUT2D eigenvalue weighted by molar-refractivity contribution is 5.21. The van der Waals surface area contributed by atoms with E-state index >= 15 is 0 Å². The molecule has 0 aromatic carbocycles. The van der Waals surface area contributed by atoms with Gasteiger partial charge in [-0.2, -0.15) is 0 Å². The Kier molecular flexibility index (Phi) is 4.89.